The van der Waals surface area contributed by atoms with Crippen molar-refractivity contribution in [2.45, 2.75) is 27.7 Å². The van der Waals surface area contributed by atoms with E-state index in [2.05, 4.69) is 27.7 Å². The maximum absolute atomic E-state index is 5.23. The van der Waals surface area contributed by atoms with E-state index in [1.807, 2.05) is 0 Å². The van der Waals surface area contributed by atoms with Gasteiger partial charge in [-0.2, -0.15) is 0 Å². The number of rotatable bonds is 2. The van der Waals surface area contributed by atoms with Crippen LogP contribution in [0, 0.1) is 17.8 Å². The maximum Gasteiger partial charge on any atom is 0.257 e. The van der Waals surface area contributed by atoms with Crippen LogP contribution in [0.15, 0.2) is 11.1 Å². The predicted molar refractivity (Wildman–Crippen MR) is 54.7 cm³/mol. The van der Waals surface area contributed by atoms with Gasteiger partial charge in [-0.25, -0.2) is 0 Å². The van der Waals surface area contributed by atoms with Gasteiger partial charge in [-0.1, -0.05) is 25.0 Å². The lowest BCUT2D eigenvalue weighted by atomic mass is 9.89. The van der Waals surface area contributed by atoms with Gasteiger partial charge < -0.3 is 4.65 Å². The Labute approximate surface area is 76.6 Å². The van der Waals surface area contributed by atoms with E-state index in [1.165, 1.54) is 0 Å². The molecule has 0 aliphatic heterocycles. The first-order valence-electron chi connectivity index (χ1n) is 4.75. The second kappa shape index (κ2) is 3.65. The molecular weight excluding hydrogens is 147 g/mol. The van der Waals surface area contributed by atoms with Crippen LogP contribution < -0.4 is 0 Å². The quantitative estimate of drug-likeness (QED) is 0.448. The molecule has 1 nitrogen and oxygen atoms in total. The first-order chi connectivity index (χ1) is 5.59. The summed E-state index contributed by atoms with van der Waals surface area (Å²) in [6.07, 6.45) is 0. The molecule has 0 aromatic heterocycles. The van der Waals surface area contributed by atoms with Gasteiger partial charge in [0.2, 0.25) is 0 Å². The Morgan fingerprint density at radius 1 is 1.25 bits per heavy atom. The highest BCUT2D eigenvalue weighted by atomic mass is 16.4. The van der Waals surface area contributed by atoms with Crippen molar-refractivity contribution in [3.63, 3.8) is 0 Å². The van der Waals surface area contributed by atoms with E-state index in [9.17, 15) is 0 Å². The van der Waals surface area contributed by atoms with E-state index in [1.54, 1.807) is 19.2 Å². The highest BCUT2D eigenvalue weighted by Gasteiger charge is 2.32. The molecule has 0 saturated heterocycles. The average molecular weight is 166 g/mol. The third-order valence-corrected chi connectivity index (χ3v) is 3.63. The zero-order valence-electron chi connectivity index (χ0n) is 8.85. The van der Waals surface area contributed by atoms with E-state index in [4.69, 9.17) is 4.65 Å². The zero-order chi connectivity index (χ0) is 9.30. The molecule has 3 atom stereocenters. The molecule has 12 heavy (non-hydrogen) atoms. The summed E-state index contributed by atoms with van der Waals surface area (Å²) in [4.78, 5) is 0. The van der Waals surface area contributed by atoms with Crippen molar-refractivity contribution in [2.24, 2.45) is 17.8 Å². The summed E-state index contributed by atoms with van der Waals surface area (Å²) in [7, 11) is 1.79. The number of hydrogen-bond acceptors (Lipinski definition) is 1. The molecule has 2 heteroatoms. The Morgan fingerprint density at radius 2 is 1.83 bits per heavy atom. The third-order valence-electron chi connectivity index (χ3n) is 3.63. The summed E-state index contributed by atoms with van der Waals surface area (Å²) in [5, 5.41) is 0. The van der Waals surface area contributed by atoms with E-state index < -0.39 is 0 Å². The summed E-state index contributed by atoms with van der Waals surface area (Å²) in [5.41, 5.74) is 3.13. The van der Waals surface area contributed by atoms with E-state index in [-0.39, 0.29) is 0 Å². The molecule has 0 fully saturated rings. The molecule has 0 saturated carbocycles. The normalized spacial score (nSPS) is 36.2. The van der Waals surface area contributed by atoms with Crippen LogP contribution in [-0.2, 0) is 4.65 Å². The van der Waals surface area contributed by atoms with Crippen molar-refractivity contribution in [1.82, 2.24) is 0 Å². The Hall–Kier alpha value is -0.235. The standard InChI is InChI=1S/C10H19BO/c1-6-7(2)9(4)10(5-12-11)8(6)3/h6,8,10H,5,11H2,1-4H3. The Morgan fingerprint density at radius 3 is 2.17 bits per heavy atom. The first-order valence-corrected chi connectivity index (χ1v) is 4.75. The molecule has 0 radical (unpaired) electrons. The van der Waals surface area contributed by atoms with Crippen molar-refractivity contribution in [2.75, 3.05) is 6.61 Å². The van der Waals surface area contributed by atoms with Crippen LogP contribution in [-0.4, -0.2) is 14.7 Å². The Bertz CT molecular complexity index is 198. The van der Waals surface area contributed by atoms with Crippen molar-refractivity contribution >= 4 is 8.05 Å². The van der Waals surface area contributed by atoms with Crippen LogP contribution in [0.4, 0.5) is 0 Å². The third kappa shape index (κ3) is 1.45. The summed E-state index contributed by atoms with van der Waals surface area (Å²) in [6.45, 7) is 10.0. The lowest BCUT2D eigenvalue weighted by Gasteiger charge is -2.19. The summed E-state index contributed by atoms with van der Waals surface area (Å²) < 4.78 is 5.23. The number of hydrogen-bond donors (Lipinski definition) is 0. The molecule has 0 bridgehead atoms. The van der Waals surface area contributed by atoms with Gasteiger partial charge in [0.15, 0.2) is 0 Å². The first kappa shape index (κ1) is 9.85. The highest BCUT2D eigenvalue weighted by molar-refractivity contribution is 5.97. The molecule has 0 aromatic rings. The van der Waals surface area contributed by atoms with Crippen LogP contribution in [0.2, 0.25) is 0 Å². The molecule has 1 rings (SSSR count). The van der Waals surface area contributed by atoms with E-state index >= 15 is 0 Å². The van der Waals surface area contributed by atoms with Gasteiger partial charge in [0.05, 0.1) is 0 Å². The molecule has 0 spiro atoms. The summed E-state index contributed by atoms with van der Waals surface area (Å²) in [5.74, 6) is 2.15. The molecule has 3 unspecified atom stereocenters. The topological polar surface area (TPSA) is 9.23 Å². The van der Waals surface area contributed by atoms with Gasteiger partial charge in [0.1, 0.15) is 0 Å². The van der Waals surface area contributed by atoms with E-state index in [0.29, 0.717) is 5.92 Å². The maximum atomic E-state index is 5.23. The van der Waals surface area contributed by atoms with Crippen LogP contribution in [0.1, 0.15) is 27.7 Å². The van der Waals surface area contributed by atoms with Gasteiger partial charge in [-0.15, -0.1) is 0 Å². The fourth-order valence-electron chi connectivity index (χ4n) is 2.25. The van der Waals surface area contributed by atoms with Gasteiger partial charge in [0, 0.05) is 12.5 Å². The zero-order valence-corrected chi connectivity index (χ0v) is 8.85. The lowest BCUT2D eigenvalue weighted by Crippen LogP contribution is -2.17. The molecule has 1 aliphatic carbocycles. The Balaban J connectivity index is 2.76. The van der Waals surface area contributed by atoms with Crippen molar-refractivity contribution in [3.05, 3.63) is 11.1 Å². The summed E-state index contributed by atoms with van der Waals surface area (Å²) >= 11 is 0. The minimum Gasteiger partial charge on any atom is -0.443 e. The minimum atomic E-state index is 0.657. The molecule has 0 heterocycles. The fraction of sp³-hybridized carbons (Fsp3) is 0.800. The van der Waals surface area contributed by atoms with Gasteiger partial charge >= 0.3 is 0 Å². The smallest absolute Gasteiger partial charge is 0.257 e. The Kier molecular flexibility index (Phi) is 3.00. The van der Waals surface area contributed by atoms with Gasteiger partial charge in [0.25, 0.3) is 8.05 Å². The lowest BCUT2D eigenvalue weighted by molar-refractivity contribution is 0.235. The van der Waals surface area contributed by atoms with Crippen LogP contribution in [0.5, 0.6) is 0 Å². The van der Waals surface area contributed by atoms with Crippen LogP contribution >= 0.6 is 0 Å². The van der Waals surface area contributed by atoms with Crippen molar-refractivity contribution < 1.29 is 4.65 Å². The minimum absolute atomic E-state index is 0.657. The second-order valence-electron chi connectivity index (χ2n) is 4.08. The monoisotopic (exact) mass is 166 g/mol. The molecular formula is C10H19BO. The predicted octanol–water partition coefficient (Wildman–Crippen LogP) is 1.79. The summed E-state index contributed by atoms with van der Waals surface area (Å²) in [6, 6.07) is 0. The molecule has 68 valence electrons. The van der Waals surface area contributed by atoms with Crippen LogP contribution in [0.25, 0.3) is 0 Å². The molecule has 0 amide bonds. The SMILES string of the molecule is BOCC1C(C)=C(C)C(C)C1C. The molecule has 1 aliphatic rings. The largest absolute Gasteiger partial charge is 0.443 e. The van der Waals surface area contributed by atoms with E-state index in [0.717, 1.165) is 18.4 Å². The highest BCUT2D eigenvalue weighted by Crippen LogP contribution is 2.40. The molecule has 0 aromatic carbocycles. The van der Waals surface area contributed by atoms with Crippen molar-refractivity contribution in [1.29, 1.82) is 0 Å². The second-order valence-corrected chi connectivity index (χ2v) is 4.08. The average Bonchev–Trinajstić information content (AvgIpc) is 2.23. The fourth-order valence-corrected chi connectivity index (χ4v) is 2.25. The number of allylic oxidation sites excluding steroid dienone is 1. The van der Waals surface area contributed by atoms with Gasteiger partial charge in [-0.05, 0) is 25.7 Å². The molecule has 0 N–H and O–H groups in total. The van der Waals surface area contributed by atoms with Crippen molar-refractivity contribution in [3.8, 4) is 0 Å². The van der Waals surface area contributed by atoms with Crippen LogP contribution in [0.3, 0.4) is 0 Å². The van der Waals surface area contributed by atoms with Gasteiger partial charge in [-0.3, -0.25) is 0 Å².